The molecule has 13 nitrogen and oxygen atoms in total. The van der Waals surface area contributed by atoms with Gasteiger partial charge in [-0.05, 0) is 37.8 Å². The van der Waals surface area contributed by atoms with E-state index < -0.39 is 59.9 Å². The first-order chi connectivity index (χ1) is 18.0. The zero-order valence-corrected chi connectivity index (χ0v) is 21.1. The van der Waals surface area contributed by atoms with Gasteiger partial charge in [0.05, 0.1) is 6.10 Å². The first-order valence-electron chi connectivity index (χ1n) is 12.4. The minimum atomic E-state index is -1.30. The predicted octanol–water partition coefficient (Wildman–Crippen LogP) is -1.27. The number of nitrogens with one attached hydrogen (secondary N) is 3. The number of hydrogen-bond donors (Lipinski definition) is 7. The number of fused-ring (bicyclic) bond motifs is 1. The number of aliphatic hydroxyl groups is 1. The zero-order chi connectivity index (χ0) is 28.0. The molecule has 206 valence electrons. The van der Waals surface area contributed by atoms with Crippen LogP contribution in [0.15, 0.2) is 30.5 Å². The number of aromatic nitrogens is 1. The van der Waals surface area contributed by atoms with Gasteiger partial charge in [-0.2, -0.15) is 0 Å². The average Bonchev–Trinajstić information content (AvgIpc) is 3.52. The van der Waals surface area contributed by atoms with Crippen LogP contribution in [0.5, 0.6) is 0 Å². The zero-order valence-electron chi connectivity index (χ0n) is 21.1. The van der Waals surface area contributed by atoms with Crippen molar-refractivity contribution in [1.82, 2.24) is 20.5 Å². The Morgan fingerprint density at radius 3 is 2.47 bits per heavy atom. The highest BCUT2D eigenvalue weighted by Gasteiger charge is 2.38. The second-order valence-corrected chi connectivity index (χ2v) is 9.49. The molecule has 3 rings (SSSR count). The Balaban J connectivity index is 1.86. The molecule has 4 amide bonds. The summed E-state index contributed by atoms with van der Waals surface area (Å²) in [4.78, 5) is 66.8. The Morgan fingerprint density at radius 2 is 1.82 bits per heavy atom. The average molecular weight is 531 g/mol. The van der Waals surface area contributed by atoms with Crippen LogP contribution >= 0.6 is 0 Å². The van der Waals surface area contributed by atoms with Crippen LogP contribution in [0.25, 0.3) is 10.9 Å². The van der Waals surface area contributed by atoms with E-state index in [1.807, 2.05) is 24.3 Å². The van der Waals surface area contributed by atoms with Gasteiger partial charge >= 0.3 is 5.97 Å². The Morgan fingerprint density at radius 1 is 1.13 bits per heavy atom. The third kappa shape index (κ3) is 6.86. The molecule has 1 fully saturated rings. The number of nitrogens with two attached hydrogens (primary N) is 2. The van der Waals surface area contributed by atoms with Crippen LogP contribution in [-0.2, 0) is 30.4 Å². The molecule has 0 aliphatic carbocycles. The lowest BCUT2D eigenvalue weighted by Gasteiger charge is -2.29. The number of para-hydroxylation sites is 1. The predicted molar refractivity (Wildman–Crippen MR) is 136 cm³/mol. The molecule has 2 aromatic rings. The molecular formula is C25H34N6O7. The van der Waals surface area contributed by atoms with E-state index >= 15 is 0 Å². The summed E-state index contributed by atoms with van der Waals surface area (Å²) in [6.45, 7) is 1.53. The number of aliphatic carboxylic acids is 1. The van der Waals surface area contributed by atoms with Crippen molar-refractivity contribution in [3.63, 3.8) is 0 Å². The third-order valence-electron chi connectivity index (χ3n) is 6.67. The van der Waals surface area contributed by atoms with Crippen molar-refractivity contribution in [3.05, 3.63) is 36.0 Å². The third-order valence-corrected chi connectivity index (χ3v) is 6.67. The first-order valence-corrected chi connectivity index (χ1v) is 12.4. The summed E-state index contributed by atoms with van der Waals surface area (Å²) in [5, 5.41) is 25.2. The molecule has 0 spiro atoms. The number of likely N-dealkylation sites (tertiary alicyclic amines) is 1. The molecule has 0 bridgehead atoms. The highest BCUT2D eigenvalue weighted by molar-refractivity contribution is 5.95. The van der Waals surface area contributed by atoms with E-state index in [4.69, 9.17) is 11.5 Å². The number of carbonyl (C=O) groups excluding carboxylic acids is 4. The number of carboxylic acid groups (broad SMARTS) is 1. The summed E-state index contributed by atoms with van der Waals surface area (Å²) in [6.07, 6.45) is 0.914. The number of nitrogens with zero attached hydrogens (tertiary/aromatic N) is 1. The number of hydrogen-bond acceptors (Lipinski definition) is 7. The molecule has 1 saturated heterocycles. The molecule has 2 heterocycles. The molecular weight excluding hydrogens is 496 g/mol. The van der Waals surface area contributed by atoms with Crippen LogP contribution in [0.3, 0.4) is 0 Å². The standard InChI is InChI=1S/C25H34N6O7/c1-13(32)21(27)23(35)30-18(11-14-12-28-16-6-3-2-5-15(14)16)22(34)29-17(8-9-20(26)33)24(36)31-10-4-7-19(31)25(37)38/h2-3,5-6,12-13,17-19,21,28,32H,4,7-11,27H2,1H3,(H2,26,33)(H,29,34)(H,30,35)(H,37,38). The lowest BCUT2D eigenvalue weighted by Crippen LogP contribution is -2.58. The maximum atomic E-state index is 13.5. The number of aliphatic hydroxyl groups excluding tert-OH is 1. The van der Waals surface area contributed by atoms with Gasteiger partial charge < -0.3 is 42.2 Å². The van der Waals surface area contributed by atoms with E-state index in [0.717, 1.165) is 10.9 Å². The van der Waals surface area contributed by atoms with Crippen LogP contribution < -0.4 is 22.1 Å². The van der Waals surface area contributed by atoms with Crippen LogP contribution in [0.2, 0.25) is 0 Å². The normalized spacial score (nSPS) is 18.4. The number of carboxylic acids is 1. The molecule has 38 heavy (non-hydrogen) atoms. The first kappa shape index (κ1) is 28.6. The van der Waals surface area contributed by atoms with Gasteiger partial charge in [-0.1, -0.05) is 18.2 Å². The summed E-state index contributed by atoms with van der Waals surface area (Å²) >= 11 is 0. The van der Waals surface area contributed by atoms with Gasteiger partial charge in [0.2, 0.25) is 23.6 Å². The number of amides is 4. The summed E-state index contributed by atoms with van der Waals surface area (Å²) in [7, 11) is 0. The molecule has 5 unspecified atom stereocenters. The topological polar surface area (TPSA) is 221 Å². The van der Waals surface area contributed by atoms with E-state index in [0.29, 0.717) is 12.0 Å². The largest absolute Gasteiger partial charge is 0.480 e. The maximum Gasteiger partial charge on any atom is 0.326 e. The fourth-order valence-electron chi connectivity index (χ4n) is 4.52. The van der Waals surface area contributed by atoms with Crippen molar-refractivity contribution in [2.45, 2.75) is 69.3 Å². The monoisotopic (exact) mass is 530 g/mol. The van der Waals surface area contributed by atoms with Gasteiger partial charge in [-0.15, -0.1) is 0 Å². The molecule has 1 aliphatic heterocycles. The van der Waals surface area contributed by atoms with E-state index in [-0.39, 0.29) is 32.2 Å². The molecule has 13 heteroatoms. The SMILES string of the molecule is CC(O)C(N)C(=O)NC(Cc1c[nH]c2ccccc12)C(=O)NC(CCC(N)=O)C(=O)N1CCCC1C(=O)O. The lowest BCUT2D eigenvalue weighted by atomic mass is 10.0. The molecule has 9 N–H and O–H groups in total. The van der Waals surface area contributed by atoms with Gasteiger partial charge in [0.1, 0.15) is 24.2 Å². The fraction of sp³-hybridized carbons (Fsp3) is 0.480. The van der Waals surface area contributed by atoms with Crippen molar-refractivity contribution >= 4 is 40.5 Å². The molecule has 0 saturated carbocycles. The summed E-state index contributed by atoms with van der Waals surface area (Å²) in [6, 6.07) is 2.56. The lowest BCUT2D eigenvalue weighted by molar-refractivity contribution is -0.149. The van der Waals surface area contributed by atoms with Crippen LogP contribution in [0.1, 0.15) is 38.2 Å². The van der Waals surface area contributed by atoms with Crippen LogP contribution in [0, 0.1) is 0 Å². The molecule has 1 aliphatic rings. The molecule has 1 aromatic carbocycles. The van der Waals surface area contributed by atoms with E-state index in [1.165, 1.54) is 11.8 Å². The van der Waals surface area contributed by atoms with Crippen molar-refractivity contribution in [2.75, 3.05) is 6.54 Å². The highest BCUT2D eigenvalue weighted by Crippen LogP contribution is 2.21. The Kier molecular flexibility index (Phi) is 9.42. The van der Waals surface area contributed by atoms with Gasteiger partial charge in [0.15, 0.2) is 0 Å². The maximum absolute atomic E-state index is 13.5. The van der Waals surface area contributed by atoms with Crippen molar-refractivity contribution in [3.8, 4) is 0 Å². The highest BCUT2D eigenvalue weighted by atomic mass is 16.4. The van der Waals surface area contributed by atoms with Gasteiger partial charge in [0.25, 0.3) is 0 Å². The minimum absolute atomic E-state index is 0.0202. The van der Waals surface area contributed by atoms with Crippen LogP contribution in [0.4, 0.5) is 0 Å². The number of rotatable bonds is 12. The van der Waals surface area contributed by atoms with E-state index in [2.05, 4.69) is 15.6 Å². The fourth-order valence-corrected chi connectivity index (χ4v) is 4.52. The van der Waals surface area contributed by atoms with Crippen molar-refractivity contribution < 1.29 is 34.2 Å². The van der Waals surface area contributed by atoms with E-state index in [1.54, 1.807) is 6.20 Å². The summed E-state index contributed by atoms with van der Waals surface area (Å²) in [5.74, 6) is -4.02. The Labute approximate surface area is 218 Å². The molecule has 5 atom stereocenters. The van der Waals surface area contributed by atoms with Gasteiger partial charge in [0, 0.05) is 36.5 Å². The van der Waals surface area contributed by atoms with Gasteiger partial charge in [-0.25, -0.2) is 4.79 Å². The second-order valence-electron chi connectivity index (χ2n) is 9.49. The quantitative estimate of drug-likeness (QED) is 0.175. The van der Waals surface area contributed by atoms with Crippen molar-refractivity contribution in [1.29, 1.82) is 0 Å². The molecule has 0 radical (unpaired) electrons. The van der Waals surface area contributed by atoms with Crippen LogP contribution in [-0.4, -0.2) is 86.5 Å². The van der Waals surface area contributed by atoms with Crippen molar-refractivity contribution in [2.24, 2.45) is 11.5 Å². The van der Waals surface area contributed by atoms with Gasteiger partial charge in [-0.3, -0.25) is 19.2 Å². The number of benzene rings is 1. The number of carbonyl (C=O) groups is 5. The van der Waals surface area contributed by atoms with E-state index in [9.17, 15) is 34.2 Å². The Hall–Kier alpha value is -3.97. The number of primary amides is 1. The minimum Gasteiger partial charge on any atom is -0.480 e. The Bertz CT molecular complexity index is 1200. The number of H-pyrrole nitrogens is 1. The second kappa shape index (κ2) is 12.5. The summed E-state index contributed by atoms with van der Waals surface area (Å²) in [5.41, 5.74) is 12.5. The smallest absolute Gasteiger partial charge is 0.326 e. The number of aromatic amines is 1. The molecule has 1 aromatic heterocycles. The summed E-state index contributed by atoms with van der Waals surface area (Å²) < 4.78 is 0.